The summed E-state index contributed by atoms with van der Waals surface area (Å²) >= 11 is 0. The molecule has 1 aliphatic rings. The number of aromatic amines is 1. The van der Waals surface area contributed by atoms with E-state index >= 15 is 0 Å². The minimum Gasteiger partial charge on any atom is -0.461 e. The standard InChI is InChI=1S/C12H17N2O11P/c1-2-23-11(18)5-3-7(15)13-12(19)14(5)10-9(17)8(16)6(25-10)4-24-26(20,21)22/h3,6,8-10,16-17H,2,4H2,1H3,(H,13,15,19)(H2,20,21,22)/t6-,8+,9?,10-/m1/s1. The minimum atomic E-state index is -4.87. The van der Waals surface area contributed by atoms with Gasteiger partial charge in [0.15, 0.2) is 6.23 Å². The number of aliphatic hydroxyl groups is 2. The van der Waals surface area contributed by atoms with Crippen molar-refractivity contribution in [2.75, 3.05) is 13.2 Å². The van der Waals surface area contributed by atoms with Gasteiger partial charge in [-0.05, 0) is 6.92 Å². The van der Waals surface area contributed by atoms with Crippen LogP contribution >= 0.6 is 7.82 Å². The van der Waals surface area contributed by atoms with Crippen molar-refractivity contribution in [3.8, 4) is 0 Å². The maximum atomic E-state index is 12.1. The van der Waals surface area contributed by atoms with Gasteiger partial charge in [0.2, 0.25) is 0 Å². The van der Waals surface area contributed by atoms with E-state index in [1.807, 2.05) is 4.98 Å². The molecule has 1 aromatic rings. The van der Waals surface area contributed by atoms with Crippen molar-refractivity contribution in [3.63, 3.8) is 0 Å². The molecule has 0 aromatic carbocycles. The van der Waals surface area contributed by atoms with Gasteiger partial charge in [0, 0.05) is 6.07 Å². The molecule has 0 amide bonds. The number of carbonyl (C=O) groups is 1. The summed E-state index contributed by atoms with van der Waals surface area (Å²) in [6.45, 7) is 0.634. The van der Waals surface area contributed by atoms with Gasteiger partial charge in [-0.15, -0.1) is 0 Å². The number of esters is 1. The molecule has 1 unspecified atom stereocenters. The van der Waals surface area contributed by atoms with Gasteiger partial charge in [-0.3, -0.25) is 18.9 Å². The van der Waals surface area contributed by atoms with E-state index in [9.17, 15) is 29.2 Å². The fourth-order valence-corrected chi connectivity index (χ4v) is 2.71. The van der Waals surface area contributed by atoms with E-state index in [0.29, 0.717) is 4.57 Å². The van der Waals surface area contributed by atoms with Gasteiger partial charge in [-0.25, -0.2) is 14.2 Å². The SMILES string of the molecule is CCOC(=O)c1cc(=O)[nH]c(=O)n1[C@@H]1O[C@H](COP(=O)(O)O)[C@H](O)C1O. The first-order chi connectivity index (χ1) is 12.0. The van der Waals surface area contributed by atoms with E-state index < -0.39 is 61.9 Å². The molecule has 146 valence electrons. The molecule has 0 spiro atoms. The monoisotopic (exact) mass is 396 g/mol. The lowest BCUT2D eigenvalue weighted by Crippen LogP contribution is -2.41. The summed E-state index contributed by atoms with van der Waals surface area (Å²) in [5, 5.41) is 20.1. The van der Waals surface area contributed by atoms with E-state index in [0.717, 1.165) is 6.07 Å². The summed E-state index contributed by atoms with van der Waals surface area (Å²) in [5.41, 5.74) is -2.55. The maximum absolute atomic E-state index is 12.1. The highest BCUT2D eigenvalue weighted by Gasteiger charge is 2.46. The first-order valence-corrected chi connectivity index (χ1v) is 8.83. The number of hydrogen-bond donors (Lipinski definition) is 5. The highest BCUT2D eigenvalue weighted by atomic mass is 31.2. The third kappa shape index (κ3) is 4.45. The Hall–Kier alpha value is -1.86. The topological polar surface area (TPSA) is 198 Å². The van der Waals surface area contributed by atoms with Crippen molar-refractivity contribution < 1.29 is 43.4 Å². The number of rotatable bonds is 6. The highest BCUT2D eigenvalue weighted by Crippen LogP contribution is 2.38. The summed E-state index contributed by atoms with van der Waals surface area (Å²) in [4.78, 5) is 54.8. The third-order valence-corrected chi connectivity index (χ3v) is 3.94. The Kier molecular flexibility index (Phi) is 6.13. The fourth-order valence-electron chi connectivity index (χ4n) is 2.37. The lowest BCUT2D eigenvalue weighted by atomic mass is 10.1. The van der Waals surface area contributed by atoms with Crippen LogP contribution in [0.25, 0.3) is 0 Å². The van der Waals surface area contributed by atoms with Crippen molar-refractivity contribution >= 4 is 13.8 Å². The number of aromatic nitrogens is 2. The van der Waals surface area contributed by atoms with E-state index in [1.54, 1.807) is 0 Å². The zero-order valence-electron chi connectivity index (χ0n) is 13.3. The van der Waals surface area contributed by atoms with Crippen LogP contribution in [0.15, 0.2) is 15.7 Å². The minimum absolute atomic E-state index is 0.0602. The van der Waals surface area contributed by atoms with Crippen LogP contribution in [0, 0.1) is 0 Å². The quantitative estimate of drug-likeness (QED) is 0.250. The van der Waals surface area contributed by atoms with E-state index in [1.165, 1.54) is 6.92 Å². The van der Waals surface area contributed by atoms with Gasteiger partial charge in [-0.2, -0.15) is 0 Å². The predicted molar refractivity (Wildman–Crippen MR) is 81.2 cm³/mol. The average Bonchev–Trinajstić information content (AvgIpc) is 2.80. The first kappa shape index (κ1) is 20.5. The Morgan fingerprint density at radius 2 is 2.00 bits per heavy atom. The summed E-state index contributed by atoms with van der Waals surface area (Å²) in [6.07, 6.45) is -6.52. The van der Waals surface area contributed by atoms with Gasteiger partial charge in [0.25, 0.3) is 5.56 Å². The van der Waals surface area contributed by atoms with E-state index in [4.69, 9.17) is 19.3 Å². The molecule has 2 heterocycles. The summed E-state index contributed by atoms with van der Waals surface area (Å²) in [6, 6.07) is 0.751. The molecular weight excluding hydrogens is 379 g/mol. The molecule has 14 heteroatoms. The number of carbonyl (C=O) groups excluding carboxylic acids is 1. The highest BCUT2D eigenvalue weighted by molar-refractivity contribution is 7.46. The zero-order valence-corrected chi connectivity index (χ0v) is 14.2. The molecule has 0 radical (unpaired) electrons. The average molecular weight is 396 g/mol. The number of ether oxygens (including phenoxy) is 2. The number of nitrogens with zero attached hydrogens (tertiary/aromatic N) is 1. The number of phosphoric acid groups is 1. The molecule has 1 aliphatic heterocycles. The molecule has 4 atom stereocenters. The zero-order chi connectivity index (χ0) is 19.6. The van der Waals surface area contributed by atoms with Crippen LogP contribution in [0.3, 0.4) is 0 Å². The first-order valence-electron chi connectivity index (χ1n) is 7.29. The number of H-pyrrole nitrogens is 1. The van der Waals surface area contributed by atoms with Crippen LogP contribution in [0.1, 0.15) is 23.6 Å². The van der Waals surface area contributed by atoms with Crippen molar-refractivity contribution in [2.45, 2.75) is 31.5 Å². The van der Waals surface area contributed by atoms with Crippen LogP contribution in [0.5, 0.6) is 0 Å². The lowest BCUT2D eigenvalue weighted by Gasteiger charge is -2.20. The Morgan fingerprint density at radius 3 is 2.58 bits per heavy atom. The molecule has 0 aliphatic carbocycles. The van der Waals surface area contributed by atoms with Crippen LogP contribution in [-0.2, 0) is 18.6 Å². The van der Waals surface area contributed by atoms with Crippen LogP contribution in [0.4, 0.5) is 0 Å². The number of aliphatic hydroxyl groups excluding tert-OH is 2. The molecule has 13 nitrogen and oxygen atoms in total. The molecule has 2 rings (SSSR count). The number of hydrogen-bond acceptors (Lipinski definition) is 9. The Bertz CT molecular complexity index is 827. The van der Waals surface area contributed by atoms with E-state index in [2.05, 4.69) is 4.52 Å². The Balaban J connectivity index is 2.38. The number of phosphoric ester groups is 1. The van der Waals surface area contributed by atoms with Crippen molar-refractivity contribution in [1.29, 1.82) is 0 Å². The second kappa shape index (κ2) is 7.80. The van der Waals surface area contributed by atoms with Crippen LogP contribution in [0.2, 0.25) is 0 Å². The normalized spacial score (nSPS) is 26.0. The molecular formula is C12H17N2O11P. The summed E-state index contributed by atoms with van der Waals surface area (Å²) in [7, 11) is -4.87. The van der Waals surface area contributed by atoms with Crippen molar-refractivity contribution in [3.05, 3.63) is 32.6 Å². The Labute approximate surface area is 145 Å². The smallest absolute Gasteiger partial charge is 0.461 e. The molecule has 0 saturated carbocycles. The van der Waals surface area contributed by atoms with Gasteiger partial charge in [-0.1, -0.05) is 0 Å². The second-order valence-corrected chi connectivity index (χ2v) is 6.49. The summed E-state index contributed by atoms with van der Waals surface area (Å²) < 4.78 is 25.5. The maximum Gasteiger partial charge on any atom is 0.469 e. The van der Waals surface area contributed by atoms with Gasteiger partial charge in [0.1, 0.15) is 24.0 Å². The number of nitrogens with one attached hydrogen (secondary N) is 1. The molecule has 5 N–H and O–H groups in total. The molecule has 26 heavy (non-hydrogen) atoms. The largest absolute Gasteiger partial charge is 0.469 e. The van der Waals surface area contributed by atoms with Gasteiger partial charge >= 0.3 is 19.5 Å². The predicted octanol–water partition coefficient (Wildman–Crippen LogP) is -2.56. The van der Waals surface area contributed by atoms with Crippen molar-refractivity contribution in [1.82, 2.24) is 9.55 Å². The fraction of sp³-hybridized carbons (Fsp3) is 0.583. The summed E-state index contributed by atoms with van der Waals surface area (Å²) in [5.74, 6) is -1.05. The molecule has 0 bridgehead atoms. The molecule has 1 aromatic heterocycles. The second-order valence-electron chi connectivity index (χ2n) is 5.25. The lowest BCUT2D eigenvalue weighted by molar-refractivity contribution is -0.0557. The van der Waals surface area contributed by atoms with Crippen LogP contribution in [-0.4, -0.2) is 67.0 Å². The van der Waals surface area contributed by atoms with Crippen molar-refractivity contribution in [2.24, 2.45) is 0 Å². The Morgan fingerprint density at radius 1 is 1.35 bits per heavy atom. The molecule has 1 saturated heterocycles. The molecule has 1 fully saturated rings. The van der Waals surface area contributed by atoms with Gasteiger partial charge < -0.3 is 29.5 Å². The van der Waals surface area contributed by atoms with E-state index in [-0.39, 0.29) is 6.61 Å². The van der Waals surface area contributed by atoms with Crippen LogP contribution < -0.4 is 11.2 Å². The van der Waals surface area contributed by atoms with Gasteiger partial charge in [0.05, 0.1) is 13.2 Å². The third-order valence-electron chi connectivity index (χ3n) is 3.46.